The van der Waals surface area contributed by atoms with E-state index >= 15 is 0 Å². The molecule has 3 N–H and O–H groups in total. The van der Waals surface area contributed by atoms with Crippen molar-refractivity contribution >= 4 is 0 Å². The Balaban J connectivity index is 1.89. The fourth-order valence-electron chi connectivity index (χ4n) is 1.86. The standard InChI is InChI=1S/C15H17FN2O2/c1-10-2-7-14(19)13(18-10)8-17-9-15(20)11-3-5-12(16)6-4-11/h2-7,15,17,19-20H,8-9H2,1H3. The Bertz CT molecular complexity index is 573. The van der Waals surface area contributed by atoms with Crippen LogP contribution in [0.25, 0.3) is 0 Å². The van der Waals surface area contributed by atoms with Gasteiger partial charge in [0.2, 0.25) is 0 Å². The van der Waals surface area contributed by atoms with Crippen LogP contribution in [0.4, 0.5) is 4.39 Å². The highest BCUT2D eigenvalue weighted by Gasteiger charge is 2.08. The first-order chi connectivity index (χ1) is 9.56. The van der Waals surface area contributed by atoms with Crippen molar-refractivity contribution in [2.45, 2.75) is 19.6 Å². The van der Waals surface area contributed by atoms with E-state index in [-0.39, 0.29) is 11.6 Å². The van der Waals surface area contributed by atoms with Crippen molar-refractivity contribution < 1.29 is 14.6 Å². The van der Waals surface area contributed by atoms with Crippen LogP contribution in [0.3, 0.4) is 0 Å². The molecule has 0 fully saturated rings. The number of hydrogen-bond acceptors (Lipinski definition) is 4. The third-order valence-corrected chi connectivity index (χ3v) is 2.97. The number of rotatable bonds is 5. The minimum Gasteiger partial charge on any atom is -0.506 e. The van der Waals surface area contributed by atoms with Gasteiger partial charge in [0.25, 0.3) is 0 Å². The van der Waals surface area contributed by atoms with E-state index in [0.717, 1.165) is 5.69 Å². The Morgan fingerprint density at radius 1 is 1.20 bits per heavy atom. The molecule has 0 saturated heterocycles. The van der Waals surface area contributed by atoms with Crippen LogP contribution in [0.15, 0.2) is 36.4 Å². The number of aryl methyl sites for hydroxylation is 1. The molecule has 0 aliphatic heterocycles. The maximum Gasteiger partial charge on any atom is 0.138 e. The zero-order chi connectivity index (χ0) is 14.5. The van der Waals surface area contributed by atoms with Crippen LogP contribution in [0.2, 0.25) is 0 Å². The molecular formula is C15H17FN2O2. The van der Waals surface area contributed by atoms with E-state index in [0.29, 0.717) is 24.3 Å². The zero-order valence-corrected chi connectivity index (χ0v) is 11.2. The lowest BCUT2D eigenvalue weighted by atomic mass is 10.1. The highest BCUT2D eigenvalue weighted by Crippen LogP contribution is 2.15. The maximum atomic E-state index is 12.8. The Hall–Kier alpha value is -1.98. The topological polar surface area (TPSA) is 65.4 Å². The Morgan fingerprint density at radius 3 is 2.60 bits per heavy atom. The summed E-state index contributed by atoms with van der Waals surface area (Å²) in [5.41, 5.74) is 2.00. The van der Waals surface area contributed by atoms with Crippen LogP contribution in [0.1, 0.15) is 23.1 Å². The molecule has 1 heterocycles. The van der Waals surface area contributed by atoms with Gasteiger partial charge in [-0.25, -0.2) is 4.39 Å². The average Bonchev–Trinajstić information content (AvgIpc) is 2.43. The van der Waals surface area contributed by atoms with E-state index in [2.05, 4.69) is 10.3 Å². The molecule has 4 nitrogen and oxygen atoms in total. The third kappa shape index (κ3) is 3.76. The first-order valence-electron chi connectivity index (χ1n) is 6.36. The molecule has 1 unspecified atom stereocenters. The molecule has 5 heteroatoms. The fraction of sp³-hybridized carbons (Fsp3) is 0.267. The van der Waals surface area contributed by atoms with E-state index in [1.165, 1.54) is 12.1 Å². The molecule has 1 aromatic carbocycles. The predicted octanol–water partition coefficient (Wildman–Crippen LogP) is 2.06. The first kappa shape index (κ1) is 14.4. The zero-order valence-electron chi connectivity index (χ0n) is 11.2. The van der Waals surface area contributed by atoms with Gasteiger partial charge in [-0.05, 0) is 36.8 Å². The van der Waals surface area contributed by atoms with Crippen molar-refractivity contribution in [3.05, 3.63) is 59.2 Å². The highest BCUT2D eigenvalue weighted by molar-refractivity contribution is 5.27. The second-order valence-corrected chi connectivity index (χ2v) is 4.62. The smallest absolute Gasteiger partial charge is 0.138 e. The van der Waals surface area contributed by atoms with E-state index in [1.54, 1.807) is 24.3 Å². The number of nitrogens with one attached hydrogen (secondary N) is 1. The number of aromatic hydroxyl groups is 1. The van der Waals surface area contributed by atoms with Crippen LogP contribution in [-0.4, -0.2) is 21.7 Å². The molecule has 0 aliphatic rings. The number of halogens is 1. The molecule has 0 radical (unpaired) electrons. The molecule has 0 saturated carbocycles. The lowest BCUT2D eigenvalue weighted by Crippen LogP contribution is -2.21. The largest absolute Gasteiger partial charge is 0.506 e. The van der Waals surface area contributed by atoms with E-state index < -0.39 is 6.10 Å². The Labute approximate surface area is 116 Å². The molecular weight excluding hydrogens is 259 g/mol. The summed E-state index contributed by atoms with van der Waals surface area (Å²) in [6, 6.07) is 9.04. The van der Waals surface area contributed by atoms with Crippen LogP contribution < -0.4 is 5.32 Å². The SMILES string of the molecule is Cc1ccc(O)c(CNCC(O)c2ccc(F)cc2)n1. The minimum absolute atomic E-state index is 0.124. The lowest BCUT2D eigenvalue weighted by Gasteiger charge is -2.12. The van der Waals surface area contributed by atoms with E-state index in [4.69, 9.17) is 0 Å². The average molecular weight is 276 g/mol. The second-order valence-electron chi connectivity index (χ2n) is 4.62. The molecule has 0 aliphatic carbocycles. The van der Waals surface area contributed by atoms with Crippen molar-refractivity contribution in [1.29, 1.82) is 0 Å². The van der Waals surface area contributed by atoms with Crippen molar-refractivity contribution in [1.82, 2.24) is 10.3 Å². The lowest BCUT2D eigenvalue weighted by molar-refractivity contribution is 0.174. The number of benzene rings is 1. The van der Waals surface area contributed by atoms with Crippen molar-refractivity contribution in [3.63, 3.8) is 0 Å². The van der Waals surface area contributed by atoms with Crippen LogP contribution in [-0.2, 0) is 6.54 Å². The molecule has 1 atom stereocenters. The number of nitrogens with zero attached hydrogens (tertiary/aromatic N) is 1. The number of aliphatic hydroxyl groups excluding tert-OH is 1. The molecule has 2 rings (SSSR count). The van der Waals surface area contributed by atoms with Gasteiger partial charge in [0.15, 0.2) is 0 Å². The van der Waals surface area contributed by atoms with Crippen molar-refractivity contribution in [3.8, 4) is 5.75 Å². The van der Waals surface area contributed by atoms with Crippen LogP contribution >= 0.6 is 0 Å². The van der Waals surface area contributed by atoms with Gasteiger partial charge in [-0.2, -0.15) is 0 Å². The maximum absolute atomic E-state index is 12.8. The van der Waals surface area contributed by atoms with Gasteiger partial charge in [0.05, 0.1) is 11.8 Å². The van der Waals surface area contributed by atoms with E-state index in [9.17, 15) is 14.6 Å². The Morgan fingerprint density at radius 2 is 1.90 bits per heavy atom. The quantitative estimate of drug-likeness (QED) is 0.782. The summed E-state index contributed by atoms with van der Waals surface area (Å²) < 4.78 is 12.8. The van der Waals surface area contributed by atoms with Gasteiger partial charge in [0, 0.05) is 18.8 Å². The van der Waals surface area contributed by atoms with Gasteiger partial charge >= 0.3 is 0 Å². The summed E-state index contributed by atoms with van der Waals surface area (Å²) in [6.45, 7) is 2.49. The summed E-state index contributed by atoms with van der Waals surface area (Å²) in [7, 11) is 0. The fourth-order valence-corrected chi connectivity index (χ4v) is 1.86. The van der Waals surface area contributed by atoms with Crippen LogP contribution in [0, 0.1) is 12.7 Å². The van der Waals surface area contributed by atoms with Gasteiger partial charge in [-0.15, -0.1) is 0 Å². The van der Waals surface area contributed by atoms with Gasteiger partial charge in [0.1, 0.15) is 11.6 Å². The molecule has 1 aromatic heterocycles. The minimum atomic E-state index is -0.734. The molecule has 0 bridgehead atoms. The molecule has 106 valence electrons. The monoisotopic (exact) mass is 276 g/mol. The first-order valence-corrected chi connectivity index (χ1v) is 6.36. The number of aliphatic hydroxyl groups is 1. The number of pyridine rings is 1. The highest BCUT2D eigenvalue weighted by atomic mass is 19.1. The van der Waals surface area contributed by atoms with Gasteiger partial charge < -0.3 is 15.5 Å². The summed E-state index contributed by atoms with van der Waals surface area (Å²) in [5.74, 6) is -0.206. The predicted molar refractivity (Wildman–Crippen MR) is 73.7 cm³/mol. The molecule has 2 aromatic rings. The summed E-state index contributed by atoms with van der Waals surface area (Å²) in [5, 5.41) is 22.6. The van der Waals surface area contributed by atoms with Crippen LogP contribution in [0.5, 0.6) is 5.75 Å². The summed E-state index contributed by atoms with van der Waals surface area (Å²) in [4.78, 5) is 4.21. The Kier molecular flexibility index (Phi) is 4.65. The van der Waals surface area contributed by atoms with Crippen molar-refractivity contribution in [2.24, 2.45) is 0 Å². The molecule has 0 amide bonds. The number of aromatic nitrogens is 1. The van der Waals surface area contributed by atoms with Gasteiger partial charge in [-0.1, -0.05) is 12.1 Å². The second kappa shape index (κ2) is 6.45. The van der Waals surface area contributed by atoms with Crippen molar-refractivity contribution in [2.75, 3.05) is 6.54 Å². The normalized spacial score (nSPS) is 12.3. The van der Waals surface area contributed by atoms with E-state index in [1.807, 2.05) is 6.92 Å². The molecule has 20 heavy (non-hydrogen) atoms. The summed E-state index contributed by atoms with van der Waals surface area (Å²) >= 11 is 0. The summed E-state index contributed by atoms with van der Waals surface area (Å²) in [6.07, 6.45) is -0.734. The third-order valence-electron chi connectivity index (χ3n) is 2.97. The molecule has 0 spiro atoms. The van der Waals surface area contributed by atoms with Gasteiger partial charge in [-0.3, -0.25) is 4.98 Å². The number of hydrogen-bond donors (Lipinski definition) is 3.